The van der Waals surface area contributed by atoms with E-state index in [-0.39, 0.29) is 5.91 Å². The molecule has 1 amide bonds. The lowest BCUT2D eigenvalue weighted by molar-refractivity contribution is -0.137. The standard InChI is InChI=1S/C22H21F3N2O3/c1-29-18-7-3-5-16(13-18)20(28)27-10-8-21(9-11-27)14-19(26-30-21)15-4-2-6-17(12-15)22(23,24)25/h2-7,12-13H,8-11,14H2,1H3. The average molecular weight is 418 g/mol. The van der Waals surface area contributed by atoms with Crippen LogP contribution in [0.25, 0.3) is 0 Å². The number of piperidine rings is 1. The highest BCUT2D eigenvalue weighted by Crippen LogP contribution is 2.37. The van der Waals surface area contributed by atoms with Crippen molar-refractivity contribution in [1.82, 2.24) is 4.90 Å². The third-order valence-corrected chi connectivity index (χ3v) is 5.64. The molecule has 0 radical (unpaired) electrons. The molecule has 2 heterocycles. The van der Waals surface area contributed by atoms with Gasteiger partial charge >= 0.3 is 6.18 Å². The molecule has 2 aromatic carbocycles. The number of hydrogen-bond donors (Lipinski definition) is 0. The lowest BCUT2D eigenvalue weighted by Gasteiger charge is -2.37. The predicted octanol–water partition coefficient (Wildman–Crippen LogP) is 4.51. The number of carbonyl (C=O) groups excluding carboxylic acids is 1. The first-order valence-corrected chi connectivity index (χ1v) is 9.66. The number of carbonyl (C=O) groups is 1. The van der Waals surface area contributed by atoms with Gasteiger partial charge in [0.1, 0.15) is 11.4 Å². The lowest BCUT2D eigenvalue weighted by Crippen LogP contribution is -2.46. The molecule has 158 valence electrons. The smallest absolute Gasteiger partial charge is 0.416 e. The van der Waals surface area contributed by atoms with Gasteiger partial charge in [-0.3, -0.25) is 4.79 Å². The molecule has 1 spiro atoms. The summed E-state index contributed by atoms with van der Waals surface area (Å²) in [5.41, 5.74) is 0.195. The normalized spacial score (nSPS) is 18.1. The molecule has 0 aliphatic carbocycles. The molecule has 5 nitrogen and oxygen atoms in total. The minimum atomic E-state index is -4.40. The zero-order chi connectivity index (χ0) is 21.4. The van der Waals surface area contributed by atoms with E-state index in [0.717, 1.165) is 12.1 Å². The van der Waals surface area contributed by atoms with E-state index < -0.39 is 17.3 Å². The summed E-state index contributed by atoms with van der Waals surface area (Å²) in [6.07, 6.45) is -2.85. The highest BCUT2D eigenvalue weighted by Gasteiger charge is 2.43. The summed E-state index contributed by atoms with van der Waals surface area (Å²) in [5.74, 6) is 0.536. The van der Waals surface area contributed by atoms with E-state index in [0.29, 0.717) is 54.9 Å². The van der Waals surface area contributed by atoms with Gasteiger partial charge in [0.15, 0.2) is 0 Å². The fourth-order valence-electron chi connectivity index (χ4n) is 3.88. The van der Waals surface area contributed by atoms with Crippen LogP contribution in [0, 0.1) is 0 Å². The SMILES string of the molecule is COc1cccc(C(=O)N2CCC3(CC2)CC(c2cccc(C(F)(F)F)c2)=NO3)c1. The second kappa shape index (κ2) is 7.66. The molecule has 30 heavy (non-hydrogen) atoms. The number of alkyl halides is 3. The van der Waals surface area contributed by atoms with Gasteiger partial charge in [-0.25, -0.2) is 0 Å². The Kier molecular flexibility index (Phi) is 5.17. The van der Waals surface area contributed by atoms with E-state index in [2.05, 4.69) is 5.16 Å². The number of ether oxygens (including phenoxy) is 1. The molecule has 0 aromatic heterocycles. The van der Waals surface area contributed by atoms with Gasteiger partial charge in [0.25, 0.3) is 5.91 Å². The zero-order valence-corrected chi connectivity index (χ0v) is 16.4. The Labute approximate surface area is 172 Å². The number of amides is 1. The van der Waals surface area contributed by atoms with Crippen molar-refractivity contribution in [2.75, 3.05) is 20.2 Å². The monoisotopic (exact) mass is 418 g/mol. The Morgan fingerprint density at radius 2 is 1.87 bits per heavy atom. The van der Waals surface area contributed by atoms with Crippen LogP contribution in [0.15, 0.2) is 53.7 Å². The topological polar surface area (TPSA) is 51.1 Å². The van der Waals surface area contributed by atoms with Gasteiger partial charge in [-0.2, -0.15) is 13.2 Å². The van der Waals surface area contributed by atoms with E-state index in [1.54, 1.807) is 42.3 Å². The van der Waals surface area contributed by atoms with E-state index >= 15 is 0 Å². The molecule has 1 saturated heterocycles. The van der Waals surface area contributed by atoms with Gasteiger partial charge in [-0.1, -0.05) is 23.4 Å². The molecule has 0 N–H and O–H groups in total. The number of nitrogens with zero attached hydrogens (tertiary/aromatic N) is 2. The average Bonchev–Trinajstić information content (AvgIpc) is 3.17. The maximum Gasteiger partial charge on any atom is 0.416 e. The maximum absolute atomic E-state index is 13.0. The number of halogens is 3. The van der Waals surface area contributed by atoms with Gasteiger partial charge in [-0.05, 0) is 30.3 Å². The van der Waals surface area contributed by atoms with Crippen molar-refractivity contribution in [3.8, 4) is 5.75 Å². The summed E-state index contributed by atoms with van der Waals surface area (Å²) >= 11 is 0. The fourth-order valence-corrected chi connectivity index (χ4v) is 3.88. The maximum atomic E-state index is 13.0. The van der Waals surface area contributed by atoms with Crippen LogP contribution in [-0.4, -0.2) is 42.3 Å². The molecule has 0 unspecified atom stereocenters. The highest BCUT2D eigenvalue weighted by molar-refractivity contribution is 6.02. The van der Waals surface area contributed by atoms with E-state index in [4.69, 9.17) is 9.57 Å². The molecule has 4 rings (SSSR count). The van der Waals surface area contributed by atoms with Crippen LogP contribution >= 0.6 is 0 Å². The van der Waals surface area contributed by atoms with Crippen LogP contribution in [-0.2, 0) is 11.0 Å². The molecule has 2 aliphatic heterocycles. The number of oxime groups is 1. The Balaban J connectivity index is 1.41. The van der Waals surface area contributed by atoms with Crippen molar-refractivity contribution >= 4 is 11.6 Å². The van der Waals surface area contributed by atoms with Gasteiger partial charge in [-0.15, -0.1) is 0 Å². The molecule has 0 atom stereocenters. The molecular weight excluding hydrogens is 397 g/mol. The van der Waals surface area contributed by atoms with Crippen LogP contribution in [0.1, 0.15) is 40.7 Å². The molecule has 8 heteroatoms. The number of benzene rings is 2. The molecular formula is C22H21F3N2O3. The largest absolute Gasteiger partial charge is 0.497 e. The first kappa shape index (κ1) is 20.3. The van der Waals surface area contributed by atoms with Crippen LogP contribution in [0.5, 0.6) is 5.75 Å². The molecule has 1 fully saturated rings. The first-order chi connectivity index (χ1) is 14.3. The predicted molar refractivity (Wildman–Crippen MR) is 105 cm³/mol. The minimum Gasteiger partial charge on any atom is -0.497 e. The second-order valence-corrected chi connectivity index (χ2v) is 7.59. The molecule has 0 bridgehead atoms. The van der Waals surface area contributed by atoms with Gasteiger partial charge < -0.3 is 14.5 Å². The van der Waals surface area contributed by atoms with Crippen LogP contribution < -0.4 is 4.74 Å². The number of rotatable bonds is 3. The summed E-state index contributed by atoms with van der Waals surface area (Å²) in [4.78, 5) is 20.2. The van der Waals surface area contributed by atoms with E-state index in [9.17, 15) is 18.0 Å². The number of likely N-dealkylation sites (tertiary alicyclic amines) is 1. The van der Waals surface area contributed by atoms with Crippen molar-refractivity contribution in [3.05, 3.63) is 65.2 Å². The van der Waals surface area contributed by atoms with Crippen molar-refractivity contribution < 1.29 is 27.5 Å². The summed E-state index contributed by atoms with van der Waals surface area (Å²) in [5, 5.41) is 4.09. The first-order valence-electron chi connectivity index (χ1n) is 9.66. The van der Waals surface area contributed by atoms with Crippen LogP contribution in [0.4, 0.5) is 13.2 Å². The Morgan fingerprint density at radius 1 is 1.13 bits per heavy atom. The van der Waals surface area contributed by atoms with Gasteiger partial charge in [0.2, 0.25) is 0 Å². The van der Waals surface area contributed by atoms with Crippen molar-refractivity contribution in [2.45, 2.75) is 31.0 Å². The second-order valence-electron chi connectivity index (χ2n) is 7.59. The molecule has 2 aromatic rings. The Hall–Kier alpha value is -3.03. The van der Waals surface area contributed by atoms with Crippen molar-refractivity contribution in [2.24, 2.45) is 5.16 Å². The molecule has 0 saturated carbocycles. The number of methoxy groups -OCH3 is 1. The van der Waals surface area contributed by atoms with Gasteiger partial charge in [0.05, 0.1) is 18.4 Å². The van der Waals surface area contributed by atoms with Crippen molar-refractivity contribution in [3.63, 3.8) is 0 Å². The zero-order valence-electron chi connectivity index (χ0n) is 16.4. The Bertz CT molecular complexity index is 980. The number of hydrogen-bond acceptors (Lipinski definition) is 4. The summed E-state index contributed by atoms with van der Waals surface area (Å²) in [7, 11) is 1.55. The summed E-state index contributed by atoms with van der Waals surface area (Å²) < 4.78 is 44.2. The van der Waals surface area contributed by atoms with Crippen LogP contribution in [0.2, 0.25) is 0 Å². The van der Waals surface area contributed by atoms with E-state index in [1.807, 2.05) is 0 Å². The fraction of sp³-hybridized carbons (Fsp3) is 0.364. The van der Waals surface area contributed by atoms with Gasteiger partial charge in [0, 0.05) is 43.5 Å². The third-order valence-electron chi connectivity index (χ3n) is 5.64. The lowest BCUT2D eigenvalue weighted by atomic mass is 9.85. The third kappa shape index (κ3) is 3.99. The van der Waals surface area contributed by atoms with E-state index in [1.165, 1.54) is 6.07 Å². The highest BCUT2D eigenvalue weighted by atomic mass is 19.4. The van der Waals surface area contributed by atoms with Crippen molar-refractivity contribution in [1.29, 1.82) is 0 Å². The van der Waals surface area contributed by atoms with Crippen LogP contribution in [0.3, 0.4) is 0 Å². The minimum absolute atomic E-state index is 0.0826. The quantitative estimate of drug-likeness (QED) is 0.737. The Morgan fingerprint density at radius 3 is 2.57 bits per heavy atom. The summed E-state index contributed by atoms with van der Waals surface area (Å²) in [6, 6.07) is 12.1. The summed E-state index contributed by atoms with van der Waals surface area (Å²) in [6.45, 7) is 0.975. The molecule has 2 aliphatic rings.